The Kier molecular flexibility index (Phi) is 7.72. The zero-order valence-corrected chi connectivity index (χ0v) is 22.5. The van der Waals surface area contributed by atoms with Gasteiger partial charge in [0.1, 0.15) is 6.61 Å². The summed E-state index contributed by atoms with van der Waals surface area (Å²) in [6.07, 6.45) is 1.75. The Labute approximate surface area is 225 Å². The molecule has 7 nitrogen and oxygen atoms in total. The molecule has 3 aromatic carbocycles. The molecule has 1 heterocycles. The average molecular weight is 618 g/mol. The second kappa shape index (κ2) is 10.8. The Bertz CT molecular complexity index is 1340. The molecule has 0 saturated carbocycles. The van der Waals surface area contributed by atoms with Gasteiger partial charge in [0.15, 0.2) is 15.8 Å². The minimum atomic E-state index is -0.489. The molecule has 1 aliphatic rings. The van der Waals surface area contributed by atoms with Crippen molar-refractivity contribution in [2.24, 2.45) is 0 Å². The molecule has 0 N–H and O–H groups in total. The summed E-state index contributed by atoms with van der Waals surface area (Å²) in [7, 11) is 1.57. The largest absolute Gasteiger partial charge is 0.493 e. The van der Waals surface area contributed by atoms with Crippen molar-refractivity contribution in [2.45, 2.75) is 13.5 Å². The molecule has 0 aliphatic carbocycles. The van der Waals surface area contributed by atoms with Crippen molar-refractivity contribution in [3.05, 3.63) is 95.9 Å². The number of hydrogen-bond donors (Lipinski definition) is 0. The highest BCUT2D eigenvalue weighted by atomic mass is 127. The lowest BCUT2D eigenvalue weighted by molar-refractivity contribution is -0.384. The third-order valence-corrected chi connectivity index (χ3v) is 7.27. The van der Waals surface area contributed by atoms with Crippen LogP contribution in [0.3, 0.4) is 0 Å². The maximum Gasteiger partial charge on any atom is 0.270 e. The average Bonchev–Trinajstić information content (AvgIpc) is 3.11. The first-order valence-electron chi connectivity index (χ1n) is 10.3. The van der Waals surface area contributed by atoms with E-state index in [0.29, 0.717) is 33.0 Å². The van der Waals surface area contributed by atoms with Gasteiger partial charge in [0.25, 0.3) is 11.6 Å². The number of thioether (sulfide) groups is 1. The highest BCUT2D eigenvalue weighted by Gasteiger charge is 2.33. The number of nitrogens with zero attached hydrogens (tertiary/aromatic N) is 2. The Morgan fingerprint density at radius 2 is 1.83 bits per heavy atom. The maximum absolute atomic E-state index is 13.1. The summed E-state index contributed by atoms with van der Waals surface area (Å²) in [6.45, 7) is 2.44. The third kappa shape index (κ3) is 5.65. The van der Waals surface area contributed by atoms with Gasteiger partial charge in [-0.05, 0) is 71.0 Å². The number of rotatable bonds is 7. The number of thiocarbonyl (C=S) groups is 1. The number of amides is 1. The van der Waals surface area contributed by atoms with Crippen molar-refractivity contribution >= 4 is 74.2 Å². The molecule has 0 atom stereocenters. The van der Waals surface area contributed by atoms with Gasteiger partial charge in [-0.1, -0.05) is 53.8 Å². The smallest absolute Gasteiger partial charge is 0.270 e. The van der Waals surface area contributed by atoms with Gasteiger partial charge < -0.3 is 9.47 Å². The Morgan fingerprint density at radius 3 is 2.46 bits per heavy atom. The zero-order chi connectivity index (χ0) is 25.1. The van der Waals surface area contributed by atoms with Crippen LogP contribution in [-0.4, -0.2) is 22.3 Å². The molecule has 0 spiro atoms. The third-order valence-electron chi connectivity index (χ3n) is 5.17. The normalized spacial score (nSPS) is 14.5. The molecule has 0 bridgehead atoms. The van der Waals surface area contributed by atoms with Crippen LogP contribution in [0.15, 0.2) is 65.6 Å². The SMILES string of the molecule is COc1cc(/C=C2/SC(=S)N(c3ccc([N+](=O)[O-])cc3)C2=O)cc(I)c1OCc1ccc(C)cc1. The second-order valence-corrected chi connectivity index (χ2v) is 10.4. The number of nitro benzene ring substituents is 1. The van der Waals surface area contributed by atoms with E-state index in [-0.39, 0.29) is 11.6 Å². The predicted molar refractivity (Wildman–Crippen MR) is 150 cm³/mol. The van der Waals surface area contributed by atoms with Crippen LogP contribution in [0, 0.1) is 20.6 Å². The molecule has 1 amide bonds. The Morgan fingerprint density at radius 1 is 1.14 bits per heavy atom. The highest BCUT2D eigenvalue weighted by Crippen LogP contribution is 2.39. The van der Waals surface area contributed by atoms with E-state index < -0.39 is 4.92 Å². The number of aryl methyl sites for hydroxylation is 1. The molecule has 0 radical (unpaired) electrons. The van der Waals surface area contributed by atoms with Crippen molar-refractivity contribution in [1.29, 1.82) is 0 Å². The minimum absolute atomic E-state index is 0.0545. The first-order chi connectivity index (χ1) is 16.8. The Hall–Kier alpha value is -2.96. The van der Waals surface area contributed by atoms with E-state index in [4.69, 9.17) is 21.7 Å². The number of benzene rings is 3. The fourth-order valence-corrected chi connectivity index (χ4v) is 5.45. The van der Waals surface area contributed by atoms with Gasteiger partial charge in [0, 0.05) is 12.1 Å². The van der Waals surface area contributed by atoms with E-state index in [1.807, 2.05) is 43.3 Å². The number of carbonyl (C=O) groups is 1. The molecular formula is C25H19IN2O5S2. The van der Waals surface area contributed by atoms with Gasteiger partial charge in [-0.2, -0.15) is 0 Å². The van der Waals surface area contributed by atoms with Gasteiger partial charge in [0.05, 0.1) is 26.2 Å². The fourth-order valence-electron chi connectivity index (χ4n) is 3.37. The number of carbonyl (C=O) groups excluding carboxylic acids is 1. The number of non-ortho nitro benzene ring substituents is 1. The van der Waals surface area contributed by atoms with Crippen molar-refractivity contribution in [3.8, 4) is 11.5 Å². The minimum Gasteiger partial charge on any atom is -0.493 e. The van der Waals surface area contributed by atoms with Crippen LogP contribution in [-0.2, 0) is 11.4 Å². The van der Waals surface area contributed by atoms with Crippen LogP contribution < -0.4 is 14.4 Å². The summed E-state index contributed by atoms with van der Waals surface area (Å²) in [5.74, 6) is 0.896. The monoisotopic (exact) mass is 618 g/mol. The highest BCUT2D eigenvalue weighted by molar-refractivity contribution is 14.1. The summed E-state index contributed by atoms with van der Waals surface area (Å²) in [4.78, 5) is 25.3. The van der Waals surface area contributed by atoms with E-state index in [2.05, 4.69) is 22.6 Å². The number of methoxy groups -OCH3 is 1. The first-order valence-corrected chi connectivity index (χ1v) is 12.7. The quantitative estimate of drug-likeness (QED) is 0.0983. The number of ether oxygens (including phenoxy) is 2. The molecular weight excluding hydrogens is 599 g/mol. The van der Waals surface area contributed by atoms with Crippen LogP contribution in [0.25, 0.3) is 6.08 Å². The Balaban J connectivity index is 1.56. The van der Waals surface area contributed by atoms with Gasteiger partial charge >= 0.3 is 0 Å². The lowest BCUT2D eigenvalue weighted by atomic mass is 10.1. The number of anilines is 1. The molecule has 10 heteroatoms. The molecule has 1 aliphatic heterocycles. The summed E-state index contributed by atoms with van der Waals surface area (Å²) >= 11 is 8.77. The van der Waals surface area contributed by atoms with Crippen molar-refractivity contribution in [3.63, 3.8) is 0 Å². The van der Waals surface area contributed by atoms with Crippen molar-refractivity contribution in [2.75, 3.05) is 12.0 Å². The van der Waals surface area contributed by atoms with Crippen LogP contribution in [0.2, 0.25) is 0 Å². The van der Waals surface area contributed by atoms with E-state index in [9.17, 15) is 14.9 Å². The number of halogens is 1. The summed E-state index contributed by atoms with van der Waals surface area (Å²) in [6, 6.07) is 17.6. The molecule has 4 rings (SSSR count). The van der Waals surface area contributed by atoms with Gasteiger partial charge in [-0.25, -0.2) is 0 Å². The molecule has 178 valence electrons. The van der Waals surface area contributed by atoms with E-state index in [1.165, 1.54) is 46.5 Å². The van der Waals surface area contributed by atoms with Crippen molar-refractivity contribution in [1.82, 2.24) is 0 Å². The number of hydrogen-bond acceptors (Lipinski definition) is 7. The molecule has 3 aromatic rings. The van der Waals surface area contributed by atoms with Gasteiger partial charge in [-0.3, -0.25) is 19.8 Å². The summed E-state index contributed by atoms with van der Waals surface area (Å²) < 4.78 is 12.8. The number of nitro groups is 1. The first kappa shape index (κ1) is 25.1. The van der Waals surface area contributed by atoms with Crippen LogP contribution in [0.4, 0.5) is 11.4 Å². The summed E-state index contributed by atoms with van der Waals surface area (Å²) in [5.41, 5.74) is 3.42. The fraction of sp³-hybridized carbons (Fsp3) is 0.120. The molecule has 1 fully saturated rings. The van der Waals surface area contributed by atoms with Gasteiger partial charge in [-0.15, -0.1) is 0 Å². The molecule has 1 saturated heterocycles. The summed E-state index contributed by atoms with van der Waals surface area (Å²) in [5, 5.41) is 10.9. The lowest BCUT2D eigenvalue weighted by Gasteiger charge is -2.14. The van der Waals surface area contributed by atoms with Gasteiger partial charge in [0.2, 0.25) is 0 Å². The maximum atomic E-state index is 13.1. The van der Waals surface area contributed by atoms with Crippen molar-refractivity contribution < 1.29 is 19.2 Å². The van der Waals surface area contributed by atoms with E-state index in [0.717, 1.165) is 14.7 Å². The molecule has 35 heavy (non-hydrogen) atoms. The lowest BCUT2D eigenvalue weighted by Crippen LogP contribution is -2.27. The van der Waals surface area contributed by atoms with Crippen LogP contribution in [0.5, 0.6) is 11.5 Å². The van der Waals surface area contributed by atoms with E-state index >= 15 is 0 Å². The van der Waals surface area contributed by atoms with Crippen LogP contribution in [0.1, 0.15) is 16.7 Å². The molecule has 0 unspecified atom stereocenters. The predicted octanol–water partition coefficient (Wildman–Crippen LogP) is 6.50. The van der Waals surface area contributed by atoms with Crippen LogP contribution >= 0.6 is 46.6 Å². The van der Waals surface area contributed by atoms with E-state index in [1.54, 1.807) is 13.2 Å². The second-order valence-electron chi connectivity index (χ2n) is 7.60. The topological polar surface area (TPSA) is 81.9 Å². The standard InChI is InChI=1S/C25H19IN2O5S2/c1-15-3-5-16(6-4-15)14-33-23-20(26)11-17(12-21(23)32-2)13-22-24(29)27(25(34)35-22)18-7-9-19(10-8-18)28(30)31/h3-13H,14H2,1-2H3/b22-13+. The zero-order valence-electron chi connectivity index (χ0n) is 18.7. The molecule has 0 aromatic heterocycles.